The van der Waals surface area contributed by atoms with E-state index in [4.69, 9.17) is 9.72 Å². The van der Waals surface area contributed by atoms with E-state index in [2.05, 4.69) is 51.2 Å². The van der Waals surface area contributed by atoms with Crippen LogP contribution >= 0.6 is 15.9 Å². The molecule has 12 heteroatoms. The van der Waals surface area contributed by atoms with Gasteiger partial charge in [-0.2, -0.15) is 5.10 Å². The van der Waals surface area contributed by atoms with E-state index in [0.29, 0.717) is 36.9 Å². The number of rotatable bonds is 4. The number of anilines is 1. The van der Waals surface area contributed by atoms with E-state index in [1.165, 1.54) is 0 Å². The Kier molecular flexibility index (Phi) is 4.64. The first kappa shape index (κ1) is 18.1. The van der Waals surface area contributed by atoms with Gasteiger partial charge in [-0.05, 0) is 15.9 Å². The maximum atomic E-state index is 5.94. The van der Waals surface area contributed by atoms with Crippen LogP contribution in [0, 0.1) is 0 Å². The number of aromatic nitrogens is 9. The molecule has 5 rings (SSSR count). The summed E-state index contributed by atoms with van der Waals surface area (Å²) in [5.74, 6) is 0.684. The summed E-state index contributed by atoms with van der Waals surface area (Å²) in [7, 11) is 1.86. The first-order valence-electron chi connectivity index (χ1n) is 9.05. The van der Waals surface area contributed by atoms with Crippen LogP contribution in [0.25, 0.3) is 22.6 Å². The number of nitrogens with zero attached hydrogens (tertiary/aromatic N) is 10. The molecule has 1 saturated heterocycles. The van der Waals surface area contributed by atoms with Gasteiger partial charge in [-0.25, -0.2) is 24.6 Å². The monoisotopic (exact) mass is 456 g/mol. The van der Waals surface area contributed by atoms with Crippen molar-refractivity contribution in [2.45, 2.75) is 12.6 Å². The number of halogens is 1. The smallest absolute Gasteiger partial charge is 0.225 e. The predicted octanol–water partition coefficient (Wildman–Crippen LogP) is 1.08. The minimum absolute atomic E-state index is 0.0928. The van der Waals surface area contributed by atoms with Crippen LogP contribution in [-0.4, -0.2) is 70.5 Å². The zero-order valence-corrected chi connectivity index (χ0v) is 17.1. The second-order valence-corrected chi connectivity index (χ2v) is 7.63. The first-order valence-corrected chi connectivity index (χ1v) is 9.84. The molecule has 4 aromatic rings. The van der Waals surface area contributed by atoms with Gasteiger partial charge in [0.1, 0.15) is 0 Å². The van der Waals surface area contributed by atoms with Crippen molar-refractivity contribution in [3.05, 3.63) is 35.5 Å². The summed E-state index contributed by atoms with van der Waals surface area (Å²) in [4.78, 5) is 19.9. The van der Waals surface area contributed by atoms with Crippen molar-refractivity contribution >= 4 is 33.2 Å². The molecule has 0 amide bonds. The highest BCUT2D eigenvalue weighted by Crippen LogP contribution is 2.19. The second-order valence-electron chi connectivity index (χ2n) is 6.72. The second kappa shape index (κ2) is 7.44. The van der Waals surface area contributed by atoms with Crippen molar-refractivity contribution in [3.8, 4) is 11.3 Å². The van der Waals surface area contributed by atoms with Crippen LogP contribution in [0.3, 0.4) is 0 Å². The van der Waals surface area contributed by atoms with Crippen LogP contribution in [0.2, 0.25) is 0 Å². The highest BCUT2D eigenvalue weighted by Gasteiger charge is 2.24. The average Bonchev–Trinajstić information content (AvgIpc) is 3.35. The number of ether oxygens (including phenoxy) is 1. The fraction of sp³-hybridized carbons (Fsp3) is 0.353. The molecule has 1 aliphatic heterocycles. The number of fused-ring (bicyclic) bond motifs is 1. The lowest BCUT2D eigenvalue weighted by molar-refractivity contribution is 0.0272. The fourth-order valence-corrected chi connectivity index (χ4v) is 3.45. The van der Waals surface area contributed by atoms with E-state index < -0.39 is 0 Å². The summed E-state index contributed by atoms with van der Waals surface area (Å²) in [6.07, 6.45) is 8.72. The third-order valence-electron chi connectivity index (χ3n) is 4.63. The maximum Gasteiger partial charge on any atom is 0.225 e. The number of aryl methyl sites for hydroxylation is 1. The molecule has 4 aromatic heterocycles. The van der Waals surface area contributed by atoms with Crippen LogP contribution in [-0.2, 0) is 18.3 Å². The van der Waals surface area contributed by atoms with Gasteiger partial charge in [-0.1, -0.05) is 5.21 Å². The maximum absolute atomic E-state index is 5.94. The van der Waals surface area contributed by atoms with E-state index in [9.17, 15) is 0 Å². The topological polar surface area (TPSA) is 113 Å². The van der Waals surface area contributed by atoms with Crippen molar-refractivity contribution in [1.82, 2.24) is 44.7 Å². The molecular weight excluding hydrogens is 440 g/mol. The summed E-state index contributed by atoms with van der Waals surface area (Å²) in [6, 6.07) is 0. The Hall–Kier alpha value is -2.99. The van der Waals surface area contributed by atoms with Crippen molar-refractivity contribution in [2.24, 2.45) is 7.05 Å². The molecule has 0 spiro atoms. The Bertz CT molecular complexity index is 1140. The molecule has 0 saturated carbocycles. The number of hydrogen-bond donors (Lipinski definition) is 0. The van der Waals surface area contributed by atoms with E-state index in [1.54, 1.807) is 34.2 Å². The lowest BCUT2D eigenvalue weighted by Gasteiger charge is -2.32. The van der Waals surface area contributed by atoms with E-state index in [-0.39, 0.29) is 6.10 Å². The SMILES string of the molecule is Cn1cc(-c2cnc3nnn(CC4CN(c5ncc(Br)cn5)CCO4)c3n2)cn1. The predicted molar refractivity (Wildman–Crippen MR) is 107 cm³/mol. The minimum atomic E-state index is -0.0928. The Labute approximate surface area is 173 Å². The largest absolute Gasteiger partial charge is 0.373 e. The van der Waals surface area contributed by atoms with Gasteiger partial charge in [-0.15, -0.1) is 5.10 Å². The third kappa shape index (κ3) is 3.68. The summed E-state index contributed by atoms with van der Waals surface area (Å²) < 4.78 is 10.2. The van der Waals surface area contributed by atoms with E-state index >= 15 is 0 Å². The lowest BCUT2D eigenvalue weighted by atomic mass is 10.2. The van der Waals surface area contributed by atoms with Crippen LogP contribution < -0.4 is 4.90 Å². The Morgan fingerprint density at radius 1 is 1.17 bits per heavy atom. The number of morpholine rings is 1. The van der Waals surface area contributed by atoms with Crippen molar-refractivity contribution in [2.75, 3.05) is 24.6 Å². The third-order valence-corrected chi connectivity index (χ3v) is 5.04. The molecule has 0 radical (unpaired) electrons. The molecule has 1 unspecified atom stereocenters. The molecule has 1 fully saturated rings. The normalized spacial score (nSPS) is 17.2. The molecule has 0 aliphatic carbocycles. The molecule has 1 atom stereocenters. The molecule has 5 heterocycles. The molecule has 1 aliphatic rings. The highest BCUT2D eigenvalue weighted by molar-refractivity contribution is 9.10. The first-order chi connectivity index (χ1) is 14.2. The lowest BCUT2D eigenvalue weighted by Crippen LogP contribution is -2.45. The Balaban J connectivity index is 1.37. The molecule has 0 aromatic carbocycles. The standard InChI is InChI=1S/C17H17BrN10O/c1-26-8-11(4-22-26)14-7-19-15-16(23-14)28(25-24-15)10-13-9-27(2-3-29-13)17-20-5-12(18)6-21-17/h4-8,13H,2-3,9-10H2,1H3. The summed E-state index contributed by atoms with van der Waals surface area (Å²) >= 11 is 3.36. The van der Waals surface area contributed by atoms with Gasteiger partial charge < -0.3 is 9.64 Å². The van der Waals surface area contributed by atoms with Crippen molar-refractivity contribution in [3.63, 3.8) is 0 Å². The Morgan fingerprint density at radius 2 is 2.03 bits per heavy atom. The van der Waals surface area contributed by atoms with Crippen molar-refractivity contribution in [1.29, 1.82) is 0 Å². The van der Waals surface area contributed by atoms with Crippen LogP contribution in [0.15, 0.2) is 35.5 Å². The zero-order valence-electron chi connectivity index (χ0n) is 15.6. The molecule has 148 valence electrons. The highest BCUT2D eigenvalue weighted by atomic mass is 79.9. The van der Waals surface area contributed by atoms with Crippen LogP contribution in [0.1, 0.15) is 0 Å². The zero-order chi connectivity index (χ0) is 19.8. The summed E-state index contributed by atoms with van der Waals surface area (Å²) in [5.41, 5.74) is 2.74. The van der Waals surface area contributed by atoms with Gasteiger partial charge >= 0.3 is 0 Å². The quantitative estimate of drug-likeness (QED) is 0.444. The molecule has 11 nitrogen and oxygen atoms in total. The van der Waals surface area contributed by atoms with Crippen LogP contribution in [0.5, 0.6) is 0 Å². The Morgan fingerprint density at radius 3 is 2.83 bits per heavy atom. The molecule has 29 heavy (non-hydrogen) atoms. The van der Waals surface area contributed by atoms with Crippen LogP contribution in [0.4, 0.5) is 5.95 Å². The number of hydrogen-bond acceptors (Lipinski definition) is 9. The fourth-order valence-electron chi connectivity index (χ4n) is 3.24. The minimum Gasteiger partial charge on any atom is -0.373 e. The van der Waals surface area contributed by atoms with Gasteiger partial charge in [-0.3, -0.25) is 4.68 Å². The molecule has 0 bridgehead atoms. The molecular formula is C17H17BrN10O. The van der Waals surface area contributed by atoms with E-state index in [0.717, 1.165) is 22.3 Å². The van der Waals surface area contributed by atoms with Gasteiger partial charge in [0.15, 0.2) is 5.65 Å². The summed E-state index contributed by atoms with van der Waals surface area (Å²) in [6.45, 7) is 2.48. The average molecular weight is 457 g/mol. The van der Waals surface area contributed by atoms with Gasteiger partial charge in [0.05, 0.1) is 41.8 Å². The van der Waals surface area contributed by atoms with Crippen molar-refractivity contribution < 1.29 is 4.74 Å². The van der Waals surface area contributed by atoms with Gasteiger partial charge in [0.25, 0.3) is 0 Å². The summed E-state index contributed by atoms with van der Waals surface area (Å²) in [5, 5.41) is 12.5. The van der Waals surface area contributed by atoms with Gasteiger partial charge in [0, 0.05) is 44.3 Å². The molecule has 0 N–H and O–H groups in total. The van der Waals surface area contributed by atoms with E-state index in [1.807, 2.05) is 13.2 Å². The van der Waals surface area contributed by atoms with Gasteiger partial charge in [0.2, 0.25) is 11.6 Å².